The molecule has 0 saturated carbocycles. The molecule has 3 rings (SSSR count). The first-order valence-corrected chi connectivity index (χ1v) is 6.83. The topological polar surface area (TPSA) is 49.0 Å². The number of H-pyrrole nitrogens is 1. The quantitative estimate of drug-likeness (QED) is 0.783. The van der Waals surface area contributed by atoms with E-state index in [4.69, 9.17) is 0 Å². The van der Waals surface area contributed by atoms with Gasteiger partial charge in [0.2, 0.25) is 0 Å². The van der Waals surface area contributed by atoms with Gasteiger partial charge in [-0.1, -0.05) is 18.2 Å². The van der Waals surface area contributed by atoms with Gasteiger partial charge in [-0.05, 0) is 42.3 Å². The van der Waals surface area contributed by atoms with Crippen molar-refractivity contribution in [3.63, 3.8) is 0 Å². The predicted octanol–water partition coefficient (Wildman–Crippen LogP) is 3.24. The van der Waals surface area contributed by atoms with E-state index < -0.39 is 0 Å². The number of benzene rings is 2. The second kappa shape index (κ2) is 5.05. The van der Waals surface area contributed by atoms with E-state index >= 15 is 0 Å². The van der Waals surface area contributed by atoms with Gasteiger partial charge in [0, 0.05) is 19.7 Å². The predicted molar refractivity (Wildman–Crippen MR) is 84.3 cm³/mol. The zero-order chi connectivity index (χ0) is 15.0. The van der Waals surface area contributed by atoms with E-state index in [1.165, 1.54) is 0 Å². The van der Waals surface area contributed by atoms with Gasteiger partial charge < -0.3 is 9.88 Å². The van der Waals surface area contributed by atoms with E-state index in [0.717, 1.165) is 28.0 Å². The summed E-state index contributed by atoms with van der Waals surface area (Å²) in [6.07, 6.45) is 0. The van der Waals surface area contributed by atoms with Crippen LogP contribution in [0.1, 0.15) is 16.2 Å². The molecular weight excluding hydrogens is 262 g/mol. The van der Waals surface area contributed by atoms with Gasteiger partial charge in [-0.25, -0.2) is 4.98 Å². The highest BCUT2D eigenvalue weighted by molar-refractivity contribution is 5.95. The van der Waals surface area contributed by atoms with Gasteiger partial charge >= 0.3 is 0 Å². The van der Waals surface area contributed by atoms with Gasteiger partial charge in [0.15, 0.2) is 0 Å². The number of carbonyl (C=O) groups is 1. The third-order valence-corrected chi connectivity index (χ3v) is 3.45. The minimum absolute atomic E-state index is 0.00955. The Bertz CT molecular complexity index is 818. The zero-order valence-corrected chi connectivity index (χ0v) is 12.3. The number of aromatic amines is 1. The third-order valence-electron chi connectivity index (χ3n) is 3.45. The van der Waals surface area contributed by atoms with Crippen molar-refractivity contribution in [1.82, 2.24) is 14.9 Å². The average Bonchev–Trinajstić information content (AvgIpc) is 2.85. The number of hydrogen-bond acceptors (Lipinski definition) is 2. The van der Waals surface area contributed by atoms with Gasteiger partial charge in [0.05, 0.1) is 11.0 Å². The fourth-order valence-corrected chi connectivity index (χ4v) is 2.41. The molecule has 2 aromatic carbocycles. The molecule has 1 heterocycles. The SMILES string of the molecule is Cc1nc2ccc(-c3cccc(C(=O)N(C)C)c3)cc2[nH]1. The summed E-state index contributed by atoms with van der Waals surface area (Å²) in [5, 5.41) is 0. The second-order valence-electron chi connectivity index (χ2n) is 5.33. The molecule has 0 aliphatic heterocycles. The molecule has 0 fully saturated rings. The smallest absolute Gasteiger partial charge is 0.253 e. The van der Waals surface area contributed by atoms with Gasteiger partial charge in [-0.15, -0.1) is 0 Å². The number of hydrogen-bond donors (Lipinski definition) is 1. The Morgan fingerprint density at radius 3 is 2.62 bits per heavy atom. The van der Waals surface area contributed by atoms with E-state index in [1.807, 2.05) is 43.3 Å². The van der Waals surface area contributed by atoms with Crippen molar-refractivity contribution in [2.24, 2.45) is 0 Å². The highest BCUT2D eigenvalue weighted by atomic mass is 16.2. The monoisotopic (exact) mass is 279 g/mol. The number of rotatable bonds is 2. The summed E-state index contributed by atoms with van der Waals surface area (Å²) < 4.78 is 0. The summed E-state index contributed by atoms with van der Waals surface area (Å²) in [7, 11) is 3.52. The van der Waals surface area contributed by atoms with E-state index in [9.17, 15) is 4.79 Å². The molecule has 1 amide bonds. The van der Waals surface area contributed by atoms with Crippen molar-refractivity contribution in [2.75, 3.05) is 14.1 Å². The number of carbonyl (C=O) groups excluding carboxylic acids is 1. The standard InChI is InChI=1S/C17H17N3O/c1-11-18-15-8-7-13(10-16(15)19-11)12-5-4-6-14(9-12)17(21)20(2)3/h4-10H,1-3H3,(H,18,19). The van der Waals surface area contributed by atoms with Crippen molar-refractivity contribution in [3.05, 3.63) is 53.9 Å². The summed E-state index contributed by atoms with van der Waals surface area (Å²) in [6.45, 7) is 1.94. The van der Waals surface area contributed by atoms with Crippen molar-refractivity contribution in [2.45, 2.75) is 6.92 Å². The Morgan fingerprint density at radius 1 is 1.10 bits per heavy atom. The summed E-state index contributed by atoms with van der Waals surface area (Å²) in [5.41, 5.74) is 4.75. The van der Waals surface area contributed by atoms with Crippen LogP contribution < -0.4 is 0 Å². The molecule has 3 aromatic rings. The Labute approximate surface area is 123 Å². The van der Waals surface area contributed by atoms with E-state index in [0.29, 0.717) is 5.56 Å². The summed E-state index contributed by atoms with van der Waals surface area (Å²) >= 11 is 0. The van der Waals surface area contributed by atoms with Crippen molar-refractivity contribution < 1.29 is 4.79 Å². The van der Waals surface area contributed by atoms with Crippen LogP contribution in [0, 0.1) is 6.92 Å². The summed E-state index contributed by atoms with van der Waals surface area (Å²) in [4.78, 5) is 21.3. The molecule has 0 aliphatic carbocycles. The van der Waals surface area contributed by atoms with Crippen LogP contribution in [0.3, 0.4) is 0 Å². The van der Waals surface area contributed by atoms with Crippen LogP contribution in [0.2, 0.25) is 0 Å². The molecule has 4 heteroatoms. The van der Waals surface area contributed by atoms with E-state index in [2.05, 4.69) is 16.0 Å². The van der Waals surface area contributed by atoms with E-state index in [-0.39, 0.29) is 5.91 Å². The molecule has 21 heavy (non-hydrogen) atoms. The van der Waals surface area contributed by atoms with Crippen molar-refractivity contribution in [3.8, 4) is 11.1 Å². The fraction of sp³-hybridized carbons (Fsp3) is 0.176. The molecule has 4 nitrogen and oxygen atoms in total. The van der Waals surface area contributed by atoms with Crippen LogP contribution in [0.25, 0.3) is 22.2 Å². The first kappa shape index (κ1) is 13.4. The minimum Gasteiger partial charge on any atom is -0.345 e. The van der Waals surface area contributed by atoms with Gasteiger partial charge in [-0.2, -0.15) is 0 Å². The number of fused-ring (bicyclic) bond motifs is 1. The lowest BCUT2D eigenvalue weighted by Crippen LogP contribution is -2.21. The maximum atomic E-state index is 12.1. The zero-order valence-electron chi connectivity index (χ0n) is 12.3. The first-order chi connectivity index (χ1) is 10.0. The molecular formula is C17H17N3O. The normalized spacial score (nSPS) is 10.8. The maximum Gasteiger partial charge on any atom is 0.253 e. The lowest BCUT2D eigenvalue weighted by Gasteiger charge is -2.11. The van der Waals surface area contributed by atoms with Gasteiger partial charge in [0.25, 0.3) is 5.91 Å². The fourth-order valence-electron chi connectivity index (χ4n) is 2.41. The molecule has 0 saturated heterocycles. The van der Waals surface area contributed by atoms with Crippen LogP contribution in [0.4, 0.5) is 0 Å². The Hall–Kier alpha value is -2.62. The number of nitrogens with one attached hydrogen (secondary N) is 1. The van der Waals surface area contributed by atoms with Crippen LogP contribution in [-0.2, 0) is 0 Å². The van der Waals surface area contributed by atoms with E-state index in [1.54, 1.807) is 19.0 Å². The molecule has 0 bridgehead atoms. The first-order valence-electron chi connectivity index (χ1n) is 6.83. The number of aromatic nitrogens is 2. The molecule has 0 radical (unpaired) electrons. The molecule has 0 atom stereocenters. The van der Waals surface area contributed by atoms with Crippen LogP contribution >= 0.6 is 0 Å². The molecule has 0 aliphatic rings. The number of amides is 1. The maximum absolute atomic E-state index is 12.1. The largest absolute Gasteiger partial charge is 0.345 e. The highest BCUT2D eigenvalue weighted by Crippen LogP contribution is 2.24. The van der Waals surface area contributed by atoms with Gasteiger partial charge in [0.1, 0.15) is 5.82 Å². The molecule has 0 spiro atoms. The highest BCUT2D eigenvalue weighted by Gasteiger charge is 2.09. The molecule has 1 aromatic heterocycles. The molecule has 0 unspecified atom stereocenters. The number of imidazole rings is 1. The van der Waals surface area contributed by atoms with Crippen LogP contribution in [-0.4, -0.2) is 34.9 Å². The van der Waals surface area contributed by atoms with Crippen molar-refractivity contribution in [1.29, 1.82) is 0 Å². The Balaban J connectivity index is 2.05. The Kier molecular flexibility index (Phi) is 3.22. The minimum atomic E-state index is 0.00955. The molecule has 1 N–H and O–H groups in total. The number of aryl methyl sites for hydroxylation is 1. The van der Waals surface area contributed by atoms with Crippen LogP contribution in [0.15, 0.2) is 42.5 Å². The van der Waals surface area contributed by atoms with Gasteiger partial charge in [-0.3, -0.25) is 4.79 Å². The lowest BCUT2D eigenvalue weighted by atomic mass is 10.0. The third kappa shape index (κ3) is 2.52. The molecule has 106 valence electrons. The summed E-state index contributed by atoms with van der Waals surface area (Å²) in [6, 6.07) is 13.8. The second-order valence-corrected chi connectivity index (χ2v) is 5.33. The van der Waals surface area contributed by atoms with Crippen molar-refractivity contribution >= 4 is 16.9 Å². The van der Waals surface area contributed by atoms with Crippen LogP contribution in [0.5, 0.6) is 0 Å². The Morgan fingerprint density at radius 2 is 1.86 bits per heavy atom. The lowest BCUT2D eigenvalue weighted by molar-refractivity contribution is 0.0827. The summed E-state index contributed by atoms with van der Waals surface area (Å²) in [5.74, 6) is 0.911. The average molecular weight is 279 g/mol. The number of nitrogens with zero attached hydrogens (tertiary/aromatic N) is 2.